The highest BCUT2D eigenvalue weighted by Crippen LogP contribution is 2.23. The zero-order chi connectivity index (χ0) is 13.0. The molecule has 20 heavy (non-hydrogen) atoms. The van der Waals surface area contributed by atoms with Crippen LogP contribution >= 0.6 is 24.8 Å². The average Bonchev–Trinajstić information content (AvgIpc) is 2.38. The summed E-state index contributed by atoms with van der Waals surface area (Å²) in [5.74, 6) is -0.115. The van der Waals surface area contributed by atoms with E-state index in [0.717, 1.165) is 22.5 Å². The molecular weight excluding hydrogens is 299 g/mol. The van der Waals surface area contributed by atoms with Crippen LogP contribution in [0.5, 0.6) is 0 Å². The fourth-order valence-electron chi connectivity index (χ4n) is 1.73. The predicted molar refractivity (Wildman–Crippen MR) is 85.6 cm³/mol. The van der Waals surface area contributed by atoms with Crippen LogP contribution in [0, 0.1) is 5.41 Å². The molecule has 0 atom stereocenters. The third kappa shape index (κ3) is 4.38. The van der Waals surface area contributed by atoms with Gasteiger partial charge in [0.25, 0.3) is 0 Å². The van der Waals surface area contributed by atoms with E-state index >= 15 is 0 Å². The van der Waals surface area contributed by atoms with Crippen LogP contribution in [0.25, 0.3) is 11.3 Å². The molecule has 0 aliphatic heterocycles. The van der Waals surface area contributed by atoms with E-state index in [0.29, 0.717) is 0 Å². The monoisotopic (exact) mass is 314 g/mol. The normalized spacial score (nSPS) is 9.05. The molecule has 1 aromatic carbocycles. The summed E-state index contributed by atoms with van der Waals surface area (Å²) in [6.45, 7) is -0.0620. The van der Waals surface area contributed by atoms with Gasteiger partial charge in [0.2, 0.25) is 0 Å². The van der Waals surface area contributed by atoms with Crippen LogP contribution in [0.4, 0.5) is 5.69 Å². The maximum atomic E-state index is 9.28. The van der Waals surface area contributed by atoms with Gasteiger partial charge in [0, 0.05) is 23.0 Å². The number of aliphatic hydroxyl groups excluding tert-OH is 1. The maximum absolute atomic E-state index is 9.28. The molecule has 0 amide bonds. The molecule has 0 aliphatic rings. The third-order valence-electron chi connectivity index (χ3n) is 2.48. The van der Waals surface area contributed by atoms with Gasteiger partial charge in [0.1, 0.15) is 0 Å². The molecule has 5 N–H and O–H groups in total. The van der Waals surface area contributed by atoms with Crippen LogP contribution in [0.2, 0.25) is 0 Å². The summed E-state index contributed by atoms with van der Waals surface area (Å²) in [5, 5.41) is 19.2. The first-order valence-electron chi connectivity index (χ1n) is 5.47. The van der Waals surface area contributed by atoms with Crippen molar-refractivity contribution in [2.24, 2.45) is 5.73 Å². The number of halogens is 2. The van der Waals surface area contributed by atoms with Gasteiger partial charge in [-0.15, -0.1) is 24.8 Å². The zero-order valence-corrected chi connectivity index (χ0v) is 12.2. The van der Waals surface area contributed by atoms with Crippen molar-refractivity contribution >= 4 is 36.5 Å². The zero-order valence-electron chi connectivity index (χ0n) is 10.5. The van der Waals surface area contributed by atoms with Gasteiger partial charge in [0.15, 0.2) is 5.96 Å². The van der Waals surface area contributed by atoms with Crippen molar-refractivity contribution in [1.82, 2.24) is 4.98 Å². The van der Waals surface area contributed by atoms with Crippen molar-refractivity contribution in [2.45, 2.75) is 6.61 Å². The van der Waals surface area contributed by atoms with E-state index in [9.17, 15) is 5.11 Å². The number of nitrogens with zero attached hydrogens (tertiary/aromatic N) is 1. The fourth-order valence-corrected chi connectivity index (χ4v) is 1.73. The number of anilines is 1. The van der Waals surface area contributed by atoms with Crippen LogP contribution in [0.1, 0.15) is 5.56 Å². The van der Waals surface area contributed by atoms with Crippen LogP contribution in [-0.2, 0) is 6.61 Å². The minimum atomic E-state index is -0.115. The number of benzene rings is 1. The highest BCUT2D eigenvalue weighted by molar-refractivity contribution is 5.90. The Morgan fingerprint density at radius 1 is 1.25 bits per heavy atom. The van der Waals surface area contributed by atoms with Crippen molar-refractivity contribution in [3.8, 4) is 11.3 Å². The highest BCUT2D eigenvalue weighted by Gasteiger charge is 2.06. The largest absolute Gasteiger partial charge is 0.392 e. The van der Waals surface area contributed by atoms with Crippen LogP contribution in [-0.4, -0.2) is 16.1 Å². The van der Waals surface area contributed by atoms with E-state index in [4.69, 9.17) is 11.1 Å². The number of nitrogens with two attached hydrogens (primary N) is 1. The third-order valence-corrected chi connectivity index (χ3v) is 2.48. The van der Waals surface area contributed by atoms with Gasteiger partial charge >= 0.3 is 0 Å². The Morgan fingerprint density at radius 2 is 2.00 bits per heavy atom. The quantitative estimate of drug-likeness (QED) is 0.517. The number of aliphatic hydroxyl groups is 1. The number of aromatic nitrogens is 1. The Labute approximate surface area is 129 Å². The lowest BCUT2D eigenvalue weighted by Gasteiger charge is -2.09. The minimum absolute atomic E-state index is 0. The van der Waals surface area contributed by atoms with Gasteiger partial charge in [-0.2, -0.15) is 0 Å². The molecule has 0 aliphatic carbocycles. The highest BCUT2D eigenvalue weighted by atomic mass is 35.5. The fraction of sp³-hybridized carbons (Fsp3) is 0.0769. The molecule has 5 nitrogen and oxygen atoms in total. The molecule has 1 aromatic heterocycles. The van der Waals surface area contributed by atoms with Gasteiger partial charge in [-0.1, -0.05) is 18.2 Å². The first kappa shape index (κ1) is 18.2. The van der Waals surface area contributed by atoms with E-state index in [-0.39, 0.29) is 37.4 Å². The van der Waals surface area contributed by atoms with Crippen LogP contribution in [0.15, 0.2) is 42.6 Å². The molecule has 0 spiro atoms. The van der Waals surface area contributed by atoms with Crippen molar-refractivity contribution < 1.29 is 5.11 Å². The molecule has 108 valence electrons. The molecule has 0 saturated carbocycles. The summed E-state index contributed by atoms with van der Waals surface area (Å²) in [6, 6.07) is 11.0. The first-order chi connectivity index (χ1) is 8.70. The van der Waals surface area contributed by atoms with Gasteiger partial charge in [-0.25, -0.2) is 0 Å². The first-order valence-corrected chi connectivity index (χ1v) is 5.47. The van der Waals surface area contributed by atoms with Crippen LogP contribution < -0.4 is 11.1 Å². The topological polar surface area (TPSA) is 95.0 Å². The SMILES string of the molecule is Cl.Cl.N=C(N)Nc1cccc(-c2ncccc2CO)c1. The average molecular weight is 315 g/mol. The number of rotatable bonds is 3. The number of guanidine groups is 1. The van der Waals surface area contributed by atoms with Gasteiger partial charge in [-0.3, -0.25) is 10.4 Å². The van der Waals surface area contributed by atoms with E-state index < -0.39 is 0 Å². The van der Waals surface area contributed by atoms with Crippen molar-refractivity contribution in [1.29, 1.82) is 5.41 Å². The summed E-state index contributed by atoms with van der Waals surface area (Å²) in [6.07, 6.45) is 1.68. The van der Waals surface area contributed by atoms with Crippen LogP contribution in [0.3, 0.4) is 0 Å². The predicted octanol–water partition coefficient (Wildman–Crippen LogP) is 2.39. The molecule has 2 rings (SSSR count). The lowest BCUT2D eigenvalue weighted by molar-refractivity contribution is 0.282. The number of hydrogen-bond donors (Lipinski definition) is 4. The second-order valence-electron chi connectivity index (χ2n) is 3.79. The van der Waals surface area contributed by atoms with Crippen molar-refractivity contribution in [3.63, 3.8) is 0 Å². The number of nitrogens with one attached hydrogen (secondary N) is 2. The van der Waals surface area contributed by atoms with Gasteiger partial charge < -0.3 is 16.2 Å². The van der Waals surface area contributed by atoms with Crippen molar-refractivity contribution in [3.05, 3.63) is 48.2 Å². The summed E-state index contributed by atoms with van der Waals surface area (Å²) >= 11 is 0. The van der Waals surface area contributed by atoms with E-state index in [1.807, 2.05) is 30.3 Å². The van der Waals surface area contributed by atoms with E-state index in [1.165, 1.54) is 0 Å². The van der Waals surface area contributed by atoms with Crippen molar-refractivity contribution in [2.75, 3.05) is 5.32 Å². The Hall–Kier alpha value is -1.82. The molecule has 2 aromatic rings. The summed E-state index contributed by atoms with van der Waals surface area (Å²) in [7, 11) is 0. The molecule has 0 unspecified atom stereocenters. The van der Waals surface area contributed by atoms with E-state index in [1.54, 1.807) is 12.3 Å². The molecule has 0 radical (unpaired) electrons. The molecule has 0 fully saturated rings. The second-order valence-corrected chi connectivity index (χ2v) is 3.79. The molecule has 0 saturated heterocycles. The summed E-state index contributed by atoms with van der Waals surface area (Å²) in [5.41, 5.74) is 8.36. The lowest BCUT2D eigenvalue weighted by atomic mass is 10.1. The molecule has 0 bridgehead atoms. The van der Waals surface area contributed by atoms with Gasteiger partial charge in [-0.05, 0) is 18.2 Å². The number of pyridine rings is 1. The Kier molecular flexibility index (Phi) is 7.61. The molecule has 7 heteroatoms. The smallest absolute Gasteiger partial charge is 0.190 e. The standard InChI is InChI=1S/C13H14N4O.2ClH/c14-13(15)17-11-5-1-3-9(7-11)12-10(8-18)4-2-6-16-12;;/h1-7,18H,8H2,(H4,14,15,17);2*1H. The van der Waals surface area contributed by atoms with Gasteiger partial charge in [0.05, 0.1) is 12.3 Å². The maximum Gasteiger partial charge on any atom is 0.190 e. The Morgan fingerprint density at radius 3 is 2.65 bits per heavy atom. The lowest BCUT2D eigenvalue weighted by Crippen LogP contribution is -2.20. The second kappa shape index (κ2) is 8.37. The minimum Gasteiger partial charge on any atom is -0.392 e. The summed E-state index contributed by atoms with van der Waals surface area (Å²) in [4.78, 5) is 4.27. The Balaban J connectivity index is 0.00000180. The summed E-state index contributed by atoms with van der Waals surface area (Å²) < 4.78 is 0. The Bertz CT molecular complexity index is 578. The molecular formula is C13H16Cl2N4O. The molecule has 1 heterocycles. The van der Waals surface area contributed by atoms with E-state index in [2.05, 4.69) is 10.3 Å². The number of hydrogen-bond acceptors (Lipinski definition) is 3.